The molecule has 0 radical (unpaired) electrons. The van der Waals surface area contributed by atoms with Crippen LogP contribution in [0.1, 0.15) is 25.0 Å². The van der Waals surface area contributed by atoms with Crippen molar-refractivity contribution in [1.82, 2.24) is 0 Å². The lowest BCUT2D eigenvalue weighted by atomic mass is 9.80. The summed E-state index contributed by atoms with van der Waals surface area (Å²) in [5, 5.41) is 7.51. The van der Waals surface area contributed by atoms with Crippen molar-refractivity contribution in [3.63, 3.8) is 0 Å². The highest BCUT2D eigenvalue weighted by atomic mass is 15.1. The zero-order valence-electron chi connectivity index (χ0n) is 29.3. The molecular formula is C51H37N. The Morgan fingerprint density at radius 3 is 1.73 bits per heavy atom. The van der Waals surface area contributed by atoms with Gasteiger partial charge in [-0.3, -0.25) is 0 Å². The van der Waals surface area contributed by atoms with Gasteiger partial charge in [-0.25, -0.2) is 0 Å². The summed E-state index contributed by atoms with van der Waals surface area (Å²) in [5.74, 6) is 0. The number of hydrogen-bond acceptors (Lipinski definition) is 1. The van der Waals surface area contributed by atoms with Crippen LogP contribution in [0.25, 0.3) is 65.7 Å². The van der Waals surface area contributed by atoms with Crippen molar-refractivity contribution in [3.05, 3.63) is 199 Å². The predicted octanol–water partition coefficient (Wildman–Crippen LogP) is 14.3. The van der Waals surface area contributed by atoms with Gasteiger partial charge >= 0.3 is 0 Å². The van der Waals surface area contributed by atoms with Gasteiger partial charge in [0, 0.05) is 16.7 Å². The Hall–Kier alpha value is -6.44. The standard InChI is InChI=1S/C51H37N/c1-51(2)46-33-39-19-7-6-18-38(39)32-45(46)44-24-13-25-48(50(44)51)52(40-29-26-35(27-30-40)34-14-4-3-5-15-34)47-31-28-37-17-9-11-22-42(37)49(47)43-23-12-20-36-16-8-10-21-41(36)43/h3-33H,1-2H3. The molecule has 1 nitrogen and oxygen atoms in total. The maximum atomic E-state index is 2.53. The molecule has 0 heterocycles. The van der Waals surface area contributed by atoms with E-state index in [-0.39, 0.29) is 5.41 Å². The van der Waals surface area contributed by atoms with Gasteiger partial charge in [-0.15, -0.1) is 0 Å². The molecule has 0 bridgehead atoms. The van der Waals surface area contributed by atoms with Gasteiger partial charge in [-0.05, 0) is 108 Å². The summed E-state index contributed by atoms with van der Waals surface area (Å²) in [6, 6.07) is 69.2. The van der Waals surface area contributed by atoms with E-state index in [0.717, 1.165) is 11.4 Å². The van der Waals surface area contributed by atoms with Crippen molar-refractivity contribution in [3.8, 4) is 33.4 Å². The summed E-state index contributed by atoms with van der Waals surface area (Å²) in [6.07, 6.45) is 0. The zero-order valence-corrected chi connectivity index (χ0v) is 29.3. The quantitative estimate of drug-likeness (QED) is 0.177. The fourth-order valence-electron chi connectivity index (χ4n) is 8.74. The maximum absolute atomic E-state index is 2.53. The zero-order chi connectivity index (χ0) is 34.8. The Kier molecular flexibility index (Phi) is 6.91. The van der Waals surface area contributed by atoms with Crippen molar-refractivity contribution in [2.45, 2.75) is 19.3 Å². The van der Waals surface area contributed by atoms with E-state index in [9.17, 15) is 0 Å². The van der Waals surface area contributed by atoms with Gasteiger partial charge in [-0.1, -0.05) is 166 Å². The summed E-state index contributed by atoms with van der Waals surface area (Å²) in [4.78, 5) is 2.53. The molecule has 0 saturated carbocycles. The Bertz CT molecular complexity index is 2800. The van der Waals surface area contributed by atoms with Gasteiger partial charge in [0.15, 0.2) is 0 Å². The van der Waals surface area contributed by atoms with Crippen LogP contribution in [-0.2, 0) is 5.41 Å². The molecule has 1 aliphatic rings. The average Bonchev–Trinajstić information content (AvgIpc) is 3.43. The summed E-state index contributed by atoms with van der Waals surface area (Å²) < 4.78 is 0. The maximum Gasteiger partial charge on any atom is 0.0546 e. The molecule has 0 fully saturated rings. The van der Waals surface area contributed by atoms with Crippen LogP contribution < -0.4 is 4.90 Å². The molecule has 246 valence electrons. The van der Waals surface area contributed by atoms with Crippen LogP contribution in [0.2, 0.25) is 0 Å². The minimum Gasteiger partial charge on any atom is -0.310 e. The third-order valence-corrected chi connectivity index (χ3v) is 11.2. The number of rotatable bonds is 5. The first-order chi connectivity index (χ1) is 25.6. The monoisotopic (exact) mass is 663 g/mol. The van der Waals surface area contributed by atoms with Crippen LogP contribution in [0.3, 0.4) is 0 Å². The molecular weight excluding hydrogens is 627 g/mol. The van der Waals surface area contributed by atoms with Gasteiger partial charge in [0.25, 0.3) is 0 Å². The molecule has 0 atom stereocenters. The van der Waals surface area contributed by atoms with Gasteiger partial charge in [0.05, 0.1) is 11.4 Å². The highest BCUT2D eigenvalue weighted by molar-refractivity contribution is 6.12. The highest BCUT2D eigenvalue weighted by Crippen LogP contribution is 2.56. The predicted molar refractivity (Wildman–Crippen MR) is 222 cm³/mol. The lowest BCUT2D eigenvalue weighted by Gasteiger charge is -2.34. The normalized spacial score (nSPS) is 13.0. The number of benzene rings is 9. The van der Waals surface area contributed by atoms with Crippen molar-refractivity contribution in [1.29, 1.82) is 0 Å². The third-order valence-electron chi connectivity index (χ3n) is 11.2. The number of hydrogen-bond donors (Lipinski definition) is 0. The van der Waals surface area contributed by atoms with E-state index in [4.69, 9.17) is 0 Å². The fraction of sp³-hybridized carbons (Fsp3) is 0.0588. The van der Waals surface area contributed by atoms with Gasteiger partial charge in [0.1, 0.15) is 0 Å². The van der Waals surface area contributed by atoms with Crippen LogP contribution >= 0.6 is 0 Å². The largest absolute Gasteiger partial charge is 0.310 e. The van der Waals surface area contributed by atoms with Crippen molar-refractivity contribution >= 4 is 49.4 Å². The summed E-state index contributed by atoms with van der Waals surface area (Å²) >= 11 is 0. The van der Waals surface area contributed by atoms with E-state index >= 15 is 0 Å². The molecule has 9 aromatic carbocycles. The van der Waals surface area contributed by atoms with E-state index in [1.807, 2.05) is 0 Å². The van der Waals surface area contributed by atoms with Crippen LogP contribution in [0, 0.1) is 0 Å². The molecule has 1 aliphatic carbocycles. The molecule has 0 aromatic heterocycles. The molecule has 0 N–H and O–H groups in total. The summed E-state index contributed by atoms with van der Waals surface area (Å²) in [6.45, 7) is 4.80. The van der Waals surface area contributed by atoms with Gasteiger partial charge in [0.2, 0.25) is 0 Å². The van der Waals surface area contributed by atoms with E-state index in [0.29, 0.717) is 0 Å². The van der Waals surface area contributed by atoms with E-state index in [1.54, 1.807) is 0 Å². The summed E-state index contributed by atoms with van der Waals surface area (Å²) in [7, 11) is 0. The van der Waals surface area contributed by atoms with Gasteiger partial charge in [-0.2, -0.15) is 0 Å². The first kappa shape index (κ1) is 30.4. The van der Waals surface area contributed by atoms with Crippen molar-refractivity contribution < 1.29 is 0 Å². The molecule has 0 amide bonds. The van der Waals surface area contributed by atoms with Crippen molar-refractivity contribution in [2.75, 3.05) is 4.90 Å². The van der Waals surface area contributed by atoms with Crippen LogP contribution in [0.5, 0.6) is 0 Å². The third kappa shape index (κ3) is 4.70. The SMILES string of the molecule is CC1(C)c2cc3ccccc3cc2-c2cccc(N(c3ccc(-c4ccccc4)cc3)c3ccc4ccccc4c3-c3cccc4ccccc34)c21. The first-order valence-electron chi connectivity index (χ1n) is 18.2. The lowest BCUT2D eigenvalue weighted by Crippen LogP contribution is -2.21. The molecule has 52 heavy (non-hydrogen) atoms. The average molecular weight is 664 g/mol. The number of fused-ring (bicyclic) bond motifs is 6. The second-order valence-corrected chi connectivity index (χ2v) is 14.5. The Morgan fingerprint density at radius 2 is 0.962 bits per heavy atom. The lowest BCUT2D eigenvalue weighted by molar-refractivity contribution is 0.661. The Labute approximate surface area is 305 Å². The highest BCUT2D eigenvalue weighted by Gasteiger charge is 2.39. The second kappa shape index (κ2) is 11.8. The van der Waals surface area contributed by atoms with E-state index in [1.165, 1.54) is 82.5 Å². The van der Waals surface area contributed by atoms with Crippen molar-refractivity contribution in [2.24, 2.45) is 0 Å². The minimum absolute atomic E-state index is 0.232. The fourth-order valence-corrected chi connectivity index (χ4v) is 8.74. The molecule has 0 aliphatic heterocycles. The smallest absolute Gasteiger partial charge is 0.0546 e. The number of nitrogens with zero attached hydrogens (tertiary/aromatic N) is 1. The molecule has 10 rings (SSSR count). The van der Waals surface area contributed by atoms with Crippen LogP contribution in [-0.4, -0.2) is 0 Å². The number of anilines is 3. The minimum atomic E-state index is -0.232. The molecule has 0 spiro atoms. The molecule has 0 saturated heterocycles. The van der Waals surface area contributed by atoms with Crippen LogP contribution in [0.15, 0.2) is 188 Å². The van der Waals surface area contributed by atoms with E-state index < -0.39 is 0 Å². The molecule has 1 heteroatoms. The Morgan fingerprint density at radius 1 is 0.385 bits per heavy atom. The van der Waals surface area contributed by atoms with Gasteiger partial charge < -0.3 is 4.90 Å². The Balaban J connectivity index is 1.28. The second-order valence-electron chi connectivity index (χ2n) is 14.5. The topological polar surface area (TPSA) is 3.24 Å². The first-order valence-corrected chi connectivity index (χ1v) is 18.2. The van der Waals surface area contributed by atoms with Crippen LogP contribution in [0.4, 0.5) is 17.1 Å². The van der Waals surface area contributed by atoms with E-state index in [2.05, 4.69) is 207 Å². The molecule has 0 unspecified atom stereocenters. The molecule has 9 aromatic rings. The summed E-state index contributed by atoms with van der Waals surface area (Å²) in [5.41, 5.74) is 13.5.